The summed E-state index contributed by atoms with van der Waals surface area (Å²) in [6.45, 7) is 2.87. The monoisotopic (exact) mass is 505 g/mol. The van der Waals surface area contributed by atoms with Gasteiger partial charge in [-0.25, -0.2) is 4.79 Å². The Labute approximate surface area is 172 Å². The average molecular weight is 505 g/mol. The largest absolute Gasteiger partial charge is 0.416 e. The molecule has 0 amide bonds. The standard InChI is InChI=1S/C19H19F3IN3O2/c20-19(21,22)13-4-1-3-12(7-13)18-8-14(18)9-25(11-18)5-2-6-26-10-15(23)16(27)24-17(26)28/h1,3-4,7,10,14H,2,5-6,8-9,11H2,(H,24,27,28)/t14-,18+/m1/s1. The van der Waals surface area contributed by atoms with E-state index in [2.05, 4.69) is 9.88 Å². The molecule has 2 heterocycles. The zero-order valence-electron chi connectivity index (χ0n) is 14.9. The smallest absolute Gasteiger partial charge is 0.302 e. The van der Waals surface area contributed by atoms with E-state index < -0.39 is 17.4 Å². The number of nitrogens with zero attached hydrogens (tertiary/aromatic N) is 2. The Kier molecular flexibility index (Phi) is 4.93. The fourth-order valence-corrected chi connectivity index (χ4v) is 4.79. The Morgan fingerprint density at radius 2 is 2.04 bits per heavy atom. The molecule has 5 nitrogen and oxygen atoms in total. The summed E-state index contributed by atoms with van der Waals surface area (Å²) in [6, 6.07) is 5.72. The molecule has 1 aromatic heterocycles. The number of rotatable bonds is 5. The number of alkyl halides is 3. The first kappa shape index (κ1) is 19.7. The Hall–Kier alpha value is -1.62. The van der Waals surface area contributed by atoms with Crippen LogP contribution in [0.1, 0.15) is 24.0 Å². The quantitative estimate of drug-likeness (QED) is 0.637. The molecule has 1 aromatic carbocycles. The van der Waals surface area contributed by atoms with Gasteiger partial charge in [-0.15, -0.1) is 0 Å². The van der Waals surface area contributed by atoms with Gasteiger partial charge in [-0.2, -0.15) is 13.2 Å². The van der Waals surface area contributed by atoms with Crippen molar-refractivity contribution in [3.63, 3.8) is 0 Å². The molecule has 28 heavy (non-hydrogen) atoms. The predicted molar refractivity (Wildman–Crippen MR) is 106 cm³/mol. The number of aromatic amines is 1. The Morgan fingerprint density at radius 3 is 2.79 bits per heavy atom. The number of aryl methyl sites for hydroxylation is 1. The summed E-state index contributed by atoms with van der Waals surface area (Å²) in [5.41, 5.74) is -0.776. The van der Waals surface area contributed by atoms with E-state index in [0.717, 1.165) is 44.1 Å². The lowest BCUT2D eigenvalue weighted by Gasteiger charge is -2.21. The summed E-state index contributed by atoms with van der Waals surface area (Å²) in [5.74, 6) is 0.396. The molecule has 0 spiro atoms. The Morgan fingerprint density at radius 1 is 1.25 bits per heavy atom. The first-order chi connectivity index (χ1) is 13.2. The van der Waals surface area contributed by atoms with Crippen molar-refractivity contribution < 1.29 is 13.2 Å². The van der Waals surface area contributed by atoms with E-state index in [-0.39, 0.29) is 11.0 Å². The van der Waals surface area contributed by atoms with E-state index in [1.54, 1.807) is 12.3 Å². The minimum absolute atomic E-state index is 0.161. The second kappa shape index (κ2) is 7.01. The molecule has 2 aliphatic rings. The molecule has 1 saturated heterocycles. The summed E-state index contributed by atoms with van der Waals surface area (Å²) in [6.07, 6.45) is -1.11. The molecule has 0 unspecified atom stereocenters. The van der Waals surface area contributed by atoms with Crippen LogP contribution >= 0.6 is 22.6 Å². The molecule has 150 valence electrons. The number of benzene rings is 1. The van der Waals surface area contributed by atoms with Crippen molar-refractivity contribution in [2.45, 2.75) is 31.0 Å². The second-order valence-corrected chi connectivity index (χ2v) is 8.82. The minimum Gasteiger partial charge on any atom is -0.302 e. The van der Waals surface area contributed by atoms with Gasteiger partial charge < -0.3 is 4.90 Å². The fourth-order valence-electron chi connectivity index (χ4n) is 4.32. The number of aromatic nitrogens is 2. The van der Waals surface area contributed by atoms with E-state index in [1.165, 1.54) is 16.7 Å². The highest BCUT2D eigenvalue weighted by Gasteiger charge is 2.60. The summed E-state index contributed by atoms with van der Waals surface area (Å²) in [7, 11) is 0. The van der Waals surface area contributed by atoms with Gasteiger partial charge in [0, 0.05) is 31.2 Å². The van der Waals surface area contributed by atoms with Crippen molar-refractivity contribution >= 4 is 22.6 Å². The van der Waals surface area contributed by atoms with E-state index in [1.807, 2.05) is 22.6 Å². The van der Waals surface area contributed by atoms with Gasteiger partial charge in [-0.1, -0.05) is 18.2 Å². The maximum absolute atomic E-state index is 13.0. The fraction of sp³-hybridized carbons (Fsp3) is 0.474. The summed E-state index contributed by atoms with van der Waals surface area (Å²) < 4.78 is 41.0. The first-order valence-electron chi connectivity index (χ1n) is 9.08. The van der Waals surface area contributed by atoms with Crippen molar-refractivity contribution in [2.24, 2.45) is 5.92 Å². The van der Waals surface area contributed by atoms with Gasteiger partial charge in [0.15, 0.2) is 0 Å². The number of halogens is 4. The van der Waals surface area contributed by atoms with Gasteiger partial charge in [0.2, 0.25) is 0 Å². The Bertz CT molecular complexity index is 1020. The Balaban J connectivity index is 1.39. The van der Waals surface area contributed by atoms with E-state index >= 15 is 0 Å². The SMILES string of the molecule is O=c1[nH]c(=O)n(CCCN2C[C@H]3C[C@@]3(c3cccc(C(F)(F)F)c3)C2)cc1I. The number of H-pyrrole nitrogens is 1. The number of piperidine rings is 1. The molecular weight excluding hydrogens is 486 g/mol. The third-order valence-corrected chi connectivity index (χ3v) is 6.59. The van der Waals surface area contributed by atoms with Crippen molar-refractivity contribution in [3.05, 3.63) is 66.0 Å². The number of nitrogens with one attached hydrogen (secondary N) is 1. The molecule has 0 radical (unpaired) electrons. The summed E-state index contributed by atoms with van der Waals surface area (Å²) in [4.78, 5) is 27.8. The molecule has 1 aliphatic heterocycles. The van der Waals surface area contributed by atoms with Crippen LogP contribution in [0.2, 0.25) is 0 Å². The lowest BCUT2D eigenvalue weighted by Crippen LogP contribution is -2.33. The normalized spacial score (nSPS) is 24.4. The molecule has 2 fully saturated rings. The van der Waals surface area contributed by atoms with Crippen LogP contribution in [0, 0.1) is 9.49 Å². The van der Waals surface area contributed by atoms with Crippen LogP contribution < -0.4 is 11.2 Å². The van der Waals surface area contributed by atoms with Crippen molar-refractivity contribution in [1.82, 2.24) is 14.5 Å². The average Bonchev–Trinajstić information content (AvgIpc) is 3.21. The molecule has 4 rings (SSSR count). The molecular formula is C19H19F3IN3O2. The predicted octanol–water partition coefficient (Wildman–Crippen LogP) is 2.82. The van der Waals surface area contributed by atoms with Gasteiger partial charge in [-0.05, 0) is 59.5 Å². The number of fused-ring (bicyclic) bond motifs is 1. The van der Waals surface area contributed by atoms with Crippen LogP contribution in [0.4, 0.5) is 13.2 Å². The minimum atomic E-state index is -4.32. The van der Waals surface area contributed by atoms with Gasteiger partial charge in [0.05, 0.1) is 9.13 Å². The zero-order chi connectivity index (χ0) is 20.1. The van der Waals surface area contributed by atoms with E-state index in [0.29, 0.717) is 16.0 Å². The van der Waals surface area contributed by atoms with E-state index in [4.69, 9.17) is 0 Å². The van der Waals surface area contributed by atoms with Gasteiger partial charge in [0.25, 0.3) is 5.56 Å². The van der Waals surface area contributed by atoms with Crippen LogP contribution in [0.5, 0.6) is 0 Å². The van der Waals surface area contributed by atoms with E-state index in [9.17, 15) is 22.8 Å². The molecule has 2 atom stereocenters. The van der Waals surface area contributed by atoms with Crippen molar-refractivity contribution in [2.75, 3.05) is 19.6 Å². The third-order valence-electron chi connectivity index (χ3n) is 5.82. The second-order valence-electron chi connectivity index (χ2n) is 7.65. The number of hydrogen-bond donors (Lipinski definition) is 1. The highest BCUT2D eigenvalue weighted by atomic mass is 127. The van der Waals surface area contributed by atoms with Crippen molar-refractivity contribution in [3.8, 4) is 0 Å². The maximum Gasteiger partial charge on any atom is 0.416 e. The van der Waals surface area contributed by atoms with Gasteiger partial charge >= 0.3 is 11.9 Å². The summed E-state index contributed by atoms with van der Waals surface area (Å²) >= 11 is 1.89. The molecule has 1 aliphatic carbocycles. The number of likely N-dealkylation sites (tertiary alicyclic amines) is 1. The maximum atomic E-state index is 13.0. The number of hydrogen-bond acceptors (Lipinski definition) is 3. The lowest BCUT2D eigenvalue weighted by molar-refractivity contribution is -0.137. The zero-order valence-corrected chi connectivity index (χ0v) is 17.1. The molecule has 2 aromatic rings. The lowest BCUT2D eigenvalue weighted by atomic mass is 9.93. The van der Waals surface area contributed by atoms with Crippen LogP contribution in [-0.4, -0.2) is 34.1 Å². The topological polar surface area (TPSA) is 58.1 Å². The molecule has 1 N–H and O–H groups in total. The van der Waals surface area contributed by atoms with Gasteiger partial charge in [0.1, 0.15) is 0 Å². The highest BCUT2D eigenvalue weighted by molar-refractivity contribution is 14.1. The molecule has 1 saturated carbocycles. The molecule has 0 bridgehead atoms. The van der Waals surface area contributed by atoms with Gasteiger partial charge in [-0.3, -0.25) is 14.3 Å². The third kappa shape index (κ3) is 3.66. The highest BCUT2D eigenvalue weighted by Crippen LogP contribution is 2.59. The van der Waals surface area contributed by atoms with Crippen LogP contribution in [0.3, 0.4) is 0 Å². The van der Waals surface area contributed by atoms with Crippen LogP contribution in [-0.2, 0) is 18.1 Å². The molecule has 9 heteroatoms. The summed E-state index contributed by atoms with van der Waals surface area (Å²) in [5, 5.41) is 0. The van der Waals surface area contributed by atoms with Crippen molar-refractivity contribution in [1.29, 1.82) is 0 Å². The first-order valence-corrected chi connectivity index (χ1v) is 10.2. The van der Waals surface area contributed by atoms with Crippen LogP contribution in [0.15, 0.2) is 40.1 Å². The van der Waals surface area contributed by atoms with Crippen LogP contribution in [0.25, 0.3) is 0 Å².